The Bertz CT molecular complexity index is 534. The standard InChI is InChI=1S/C18H26FN3O/c19-15-7-5-13(6-8-15)9-16-11-22(12-18(23)21-16)10-14-3-1-2-4-17(14)20/h5-8,14,16-17H,1-4,9-12,20H2,(H,21,23)/t14?,16-,17+/m0/s1. The number of halogens is 1. The van der Waals surface area contributed by atoms with Crippen molar-refractivity contribution >= 4 is 5.91 Å². The Morgan fingerprint density at radius 2 is 1.96 bits per heavy atom. The molecule has 1 aromatic carbocycles. The average Bonchev–Trinajstić information content (AvgIpc) is 2.51. The van der Waals surface area contributed by atoms with Crippen LogP contribution in [-0.2, 0) is 11.2 Å². The molecule has 126 valence electrons. The number of nitrogens with one attached hydrogen (secondary N) is 1. The van der Waals surface area contributed by atoms with Crippen LogP contribution in [0.25, 0.3) is 0 Å². The summed E-state index contributed by atoms with van der Waals surface area (Å²) < 4.78 is 13.0. The van der Waals surface area contributed by atoms with Crippen molar-refractivity contribution in [1.82, 2.24) is 10.2 Å². The monoisotopic (exact) mass is 319 g/mol. The van der Waals surface area contributed by atoms with Gasteiger partial charge in [-0.3, -0.25) is 9.69 Å². The Balaban J connectivity index is 1.57. The zero-order valence-corrected chi connectivity index (χ0v) is 13.5. The van der Waals surface area contributed by atoms with Crippen LogP contribution in [0.1, 0.15) is 31.2 Å². The lowest BCUT2D eigenvalue weighted by Gasteiger charge is -2.38. The molecule has 2 aliphatic rings. The van der Waals surface area contributed by atoms with Gasteiger partial charge in [0.1, 0.15) is 5.82 Å². The molecule has 3 N–H and O–H groups in total. The number of hydrogen-bond donors (Lipinski definition) is 2. The number of carbonyl (C=O) groups is 1. The fraction of sp³-hybridized carbons (Fsp3) is 0.611. The molecule has 1 saturated heterocycles. The third-order valence-electron chi connectivity index (χ3n) is 5.07. The van der Waals surface area contributed by atoms with Crippen LogP contribution in [-0.4, -0.2) is 42.5 Å². The van der Waals surface area contributed by atoms with Crippen LogP contribution in [0.4, 0.5) is 4.39 Å². The van der Waals surface area contributed by atoms with Crippen molar-refractivity contribution in [2.24, 2.45) is 11.7 Å². The van der Waals surface area contributed by atoms with Gasteiger partial charge < -0.3 is 11.1 Å². The Morgan fingerprint density at radius 1 is 1.22 bits per heavy atom. The number of benzene rings is 1. The first-order chi connectivity index (χ1) is 11.1. The first-order valence-corrected chi connectivity index (χ1v) is 8.62. The molecule has 0 bridgehead atoms. The van der Waals surface area contributed by atoms with E-state index in [0.717, 1.165) is 31.5 Å². The fourth-order valence-corrected chi connectivity index (χ4v) is 3.85. The van der Waals surface area contributed by atoms with Gasteiger partial charge in [0.05, 0.1) is 6.54 Å². The van der Waals surface area contributed by atoms with Gasteiger partial charge in [0.15, 0.2) is 0 Å². The summed E-state index contributed by atoms with van der Waals surface area (Å²) in [5.41, 5.74) is 7.29. The molecule has 2 fully saturated rings. The van der Waals surface area contributed by atoms with Crippen LogP contribution in [0, 0.1) is 11.7 Å². The van der Waals surface area contributed by atoms with Gasteiger partial charge >= 0.3 is 0 Å². The van der Waals surface area contributed by atoms with E-state index < -0.39 is 0 Å². The Morgan fingerprint density at radius 3 is 2.70 bits per heavy atom. The molecular formula is C18H26FN3O. The van der Waals surface area contributed by atoms with Gasteiger partial charge in [0.25, 0.3) is 0 Å². The summed E-state index contributed by atoms with van der Waals surface area (Å²) >= 11 is 0. The Hall–Kier alpha value is -1.46. The summed E-state index contributed by atoms with van der Waals surface area (Å²) in [5.74, 6) is 0.350. The maximum absolute atomic E-state index is 13.0. The molecule has 1 aliphatic heterocycles. The molecule has 3 atom stereocenters. The van der Waals surface area contributed by atoms with Gasteiger partial charge in [-0.15, -0.1) is 0 Å². The van der Waals surface area contributed by atoms with E-state index in [0.29, 0.717) is 12.5 Å². The number of amides is 1. The third-order valence-corrected chi connectivity index (χ3v) is 5.07. The molecule has 4 nitrogen and oxygen atoms in total. The van der Waals surface area contributed by atoms with E-state index in [1.165, 1.54) is 31.4 Å². The van der Waals surface area contributed by atoms with E-state index in [-0.39, 0.29) is 23.8 Å². The smallest absolute Gasteiger partial charge is 0.234 e. The lowest BCUT2D eigenvalue weighted by molar-refractivity contribution is -0.125. The molecule has 5 heteroatoms. The zero-order chi connectivity index (χ0) is 16.2. The highest BCUT2D eigenvalue weighted by molar-refractivity contribution is 5.79. The molecule has 1 saturated carbocycles. The summed E-state index contributed by atoms with van der Waals surface area (Å²) in [6.07, 6.45) is 5.48. The van der Waals surface area contributed by atoms with Gasteiger partial charge in [0, 0.05) is 25.2 Å². The van der Waals surface area contributed by atoms with E-state index in [1.807, 2.05) is 0 Å². The Labute approximate surface area is 137 Å². The van der Waals surface area contributed by atoms with Crippen molar-refractivity contribution in [1.29, 1.82) is 0 Å². The van der Waals surface area contributed by atoms with Crippen LogP contribution in [0.3, 0.4) is 0 Å². The maximum Gasteiger partial charge on any atom is 0.234 e. The normalized spacial score (nSPS) is 29.3. The second-order valence-corrected chi connectivity index (χ2v) is 7.00. The molecule has 1 aliphatic carbocycles. The van der Waals surface area contributed by atoms with Crippen molar-refractivity contribution < 1.29 is 9.18 Å². The van der Waals surface area contributed by atoms with Gasteiger partial charge in [-0.2, -0.15) is 0 Å². The minimum atomic E-state index is -0.227. The van der Waals surface area contributed by atoms with Crippen molar-refractivity contribution in [2.45, 2.75) is 44.2 Å². The first kappa shape index (κ1) is 16.4. The molecule has 0 aromatic heterocycles. The second-order valence-electron chi connectivity index (χ2n) is 7.00. The number of nitrogens with two attached hydrogens (primary N) is 1. The van der Waals surface area contributed by atoms with Crippen molar-refractivity contribution in [3.63, 3.8) is 0 Å². The van der Waals surface area contributed by atoms with E-state index in [2.05, 4.69) is 10.2 Å². The second kappa shape index (κ2) is 7.41. The predicted molar refractivity (Wildman–Crippen MR) is 88.4 cm³/mol. The molecule has 1 amide bonds. The van der Waals surface area contributed by atoms with Crippen LogP contribution < -0.4 is 11.1 Å². The number of piperazine rings is 1. The number of hydrogen-bond acceptors (Lipinski definition) is 3. The van der Waals surface area contributed by atoms with Crippen molar-refractivity contribution in [3.05, 3.63) is 35.6 Å². The molecule has 23 heavy (non-hydrogen) atoms. The highest BCUT2D eigenvalue weighted by Crippen LogP contribution is 2.24. The van der Waals surface area contributed by atoms with E-state index in [1.54, 1.807) is 12.1 Å². The van der Waals surface area contributed by atoms with Gasteiger partial charge in [-0.25, -0.2) is 4.39 Å². The van der Waals surface area contributed by atoms with E-state index in [9.17, 15) is 9.18 Å². The van der Waals surface area contributed by atoms with Gasteiger partial charge in [0.2, 0.25) is 5.91 Å². The molecule has 0 spiro atoms. The van der Waals surface area contributed by atoms with Gasteiger partial charge in [-0.1, -0.05) is 25.0 Å². The highest BCUT2D eigenvalue weighted by atomic mass is 19.1. The fourth-order valence-electron chi connectivity index (χ4n) is 3.85. The van der Waals surface area contributed by atoms with Crippen LogP contribution in [0.2, 0.25) is 0 Å². The zero-order valence-electron chi connectivity index (χ0n) is 13.5. The lowest BCUT2D eigenvalue weighted by atomic mass is 9.84. The number of carbonyl (C=O) groups excluding carboxylic acids is 1. The SMILES string of the molecule is N[C@@H]1CCCCC1CN1CC(=O)N[C@@H](Cc2ccc(F)cc2)C1. The van der Waals surface area contributed by atoms with E-state index in [4.69, 9.17) is 5.73 Å². The topological polar surface area (TPSA) is 58.4 Å². The highest BCUT2D eigenvalue weighted by Gasteiger charge is 2.29. The van der Waals surface area contributed by atoms with E-state index >= 15 is 0 Å². The average molecular weight is 319 g/mol. The van der Waals surface area contributed by atoms with Crippen LogP contribution in [0.5, 0.6) is 0 Å². The quantitative estimate of drug-likeness (QED) is 0.888. The molecule has 1 unspecified atom stereocenters. The molecule has 3 rings (SSSR count). The lowest BCUT2D eigenvalue weighted by Crippen LogP contribution is -2.56. The number of nitrogens with zero attached hydrogens (tertiary/aromatic N) is 1. The van der Waals surface area contributed by atoms with Crippen molar-refractivity contribution in [2.75, 3.05) is 19.6 Å². The Kier molecular flexibility index (Phi) is 5.28. The third kappa shape index (κ3) is 4.52. The largest absolute Gasteiger partial charge is 0.351 e. The van der Waals surface area contributed by atoms with Gasteiger partial charge in [-0.05, 0) is 42.9 Å². The van der Waals surface area contributed by atoms with Crippen molar-refractivity contribution in [3.8, 4) is 0 Å². The molecule has 0 radical (unpaired) electrons. The summed E-state index contributed by atoms with van der Waals surface area (Å²) in [7, 11) is 0. The maximum atomic E-state index is 13.0. The first-order valence-electron chi connectivity index (χ1n) is 8.62. The minimum absolute atomic E-state index is 0.0766. The predicted octanol–water partition coefficient (Wildman–Crippen LogP) is 1.69. The summed E-state index contributed by atoms with van der Waals surface area (Å²) in [4.78, 5) is 14.2. The minimum Gasteiger partial charge on any atom is -0.351 e. The molecule has 1 aromatic rings. The summed E-state index contributed by atoms with van der Waals surface area (Å²) in [5, 5.41) is 3.05. The summed E-state index contributed by atoms with van der Waals surface area (Å²) in [6, 6.07) is 6.87. The molecule has 1 heterocycles. The number of rotatable bonds is 4. The van der Waals surface area contributed by atoms with Crippen LogP contribution >= 0.6 is 0 Å². The molecular weight excluding hydrogens is 293 g/mol. The van der Waals surface area contributed by atoms with Crippen LogP contribution in [0.15, 0.2) is 24.3 Å². The summed E-state index contributed by atoms with van der Waals surface area (Å²) in [6.45, 7) is 2.21.